The minimum atomic E-state index is 0. The van der Waals surface area contributed by atoms with Gasteiger partial charge < -0.3 is 5.32 Å². The lowest BCUT2D eigenvalue weighted by molar-refractivity contribution is 0.762. The highest BCUT2D eigenvalue weighted by molar-refractivity contribution is 5.75. The van der Waals surface area contributed by atoms with E-state index in [2.05, 4.69) is 19.2 Å². The molecule has 2 heteroatoms. The summed E-state index contributed by atoms with van der Waals surface area (Å²) in [6.07, 6.45) is 0. The first-order valence-electron chi connectivity index (χ1n) is 2.12. The van der Waals surface area contributed by atoms with Crippen LogP contribution in [0.2, 0.25) is 0 Å². The van der Waals surface area contributed by atoms with Crippen molar-refractivity contribution in [2.24, 2.45) is 0 Å². The maximum Gasteiger partial charge on any atom is 0 e. The van der Waals surface area contributed by atoms with E-state index in [0.717, 1.165) is 13.1 Å². The van der Waals surface area contributed by atoms with Crippen LogP contribution in [0.3, 0.4) is 0 Å². The van der Waals surface area contributed by atoms with Crippen molar-refractivity contribution in [3.05, 3.63) is 0 Å². The Kier molecular flexibility index (Phi) is 13.9. The molecular weight excluding hydrogens is 72.9 g/mol. The van der Waals surface area contributed by atoms with Crippen LogP contribution in [0, 0.1) is 0 Å². The maximum atomic E-state index is 3.11. The second kappa shape index (κ2) is 8.90. The molecule has 0 amide bonds. The van der Waals surface area contributed by atoms with Crippen LogP contribution in [0.5, 0.6) is 0 Å². The van der Waals surface area contributed by atoms with Gasteiger partial charge in [-0.2, -0.15) is 0 Å². The summed E-state index contributed by atoms with van der Waals surface area (Å²) in [6.45, 7) is 6.39. The smallest absolute Gasteiger partial charge is 0 e. The van der Waals surface area contributed by atoms with Crippen molar-refractivity contribution in [1.82, 2.24) is 5.32 Å². The lowest BCUT2D eigenvalue weighted by Gasteiger charge is -1.86. The van der Waals surface area contributed by atoms with Crippen LogP contribution in [-0.4, -0.2) is 21.5 Å². The lowest BCUT2D eigenvalue weighted by Crippen LogP contribution is -2.09. The zero-order valence-electron chi connectivity index (χ0n) is 4.49. The summed E-state index contributed by atoms with van der Waals surface area (Å²) in [5.41, 5.74) is 0. The van der Waals surface area contributed by atoms with Gasteiger partial charge in [-0.15, -0.1) is 0 Å². The summed E-state index contributed by atoms with van der Waals surface area (Å²) in [5, 5.41) is 3.11. The number of rotatable bonds is 2. The van der Waals surface area contributed by atoms with Crippen LogP contribution in [0.15, 0.2) is 0 Å². The third kappa shape index (κ3) is 8.98. The predicted octanol–water partition coefficient (Wildman–Crippen LogP) is 0.235. The molecule has 0 aromatic carbocycles. The van der Waals surface area contributed by atoms with Gasteiger partial charge in [0.2, 0.25) is 0 Å². The Morgan fingerprint density at radius 3 is 1.50 bits per heavy atom. The molecule has 0 aliphatic carbocycles. The van der Waals surface area contributed by atoms with Gasteiger partial charge in [-0.1, -0.05) is 13.8 Å². The molecule has 0 heterocycles. The van der Waals surface area contributed by atoms with E-state index in [1.54, 1.807) is 0 Å². The average molecular weight is 84.0 g/mol. The topological polar surface area (TPSA) is 12.0 Å². The van der Waals surface area contributed by atoms with Crippen molar-refractivity contribution < 1.29 is 0 Å². The molecule has 1 N–H and O–H groups in total. The van der Waals surface area contributed by atoms with Crippen molar-refractivity contribution in [2.75, 3.05) is 13.1 Å². The van der Waals surface area contributed by atoms with Gasteiger partial charge in [0.15, 0.2) is 0 Å². The molecule has 0 unspecified atom stereocenters. The molecular formula is C4H11BN. The molecule has 0 rings (SSSR count). The molecule has 0 aromatic heterocycles. The van der Waals surface area contributed by atoms with Gasteiger partial charge in [-0.3, -0.25) is 0 Å². The Hall–Kier alpha value is 0.0249. The first-order chi connectivity index (χ1) is 2.41. The maximum absolute atomic E-state index is 3.11. The fourth-order valence-electron chi connectivity index (χ4n) is 0.250. The molecule has 0 aromatic rings. The standard InChI is InChI=1S/C4H11N.B/c1-3-5-4-2;/h5H,3-4H2,1-2H3;. The third-order valence-electron chi connectivity index (χ3n) is 0.500. The zero-order valence-corrected chi connectivity index (χ0v) is 4.49. The fraction of sp³-hybridized carbons (Fsp3) is 1.00. The quantitative estimate of drug-likeness (QED) is 0.472. The Morgan fingerprint density at radius 2 is 1.50 bits per heavy atom. The van der Waals surface area contributed by atoms with E-state index in [0.29, 0.717) is 0 Å². The Balaban J connectivity index is 0. The van der Waals surface area contributed by atoms with Gasteiger partial charge in [0.1, 0.15) is 0 Å². The van der Waals surface area contributed by atoms with Gasteiger partial charge >= 0.3 is 0 Å². The first-order valence-corrected chi connectivity index (χ1v) is 2.12. The van der Waals surface area contributed by atoms with Crippen LogP contribution >= 0.6 is 0 Å². The van der Waals surface area contributed by atoms with Crippen molar-refractivity contribution >= 4 is 8.41 Å². The molecule has 0 bridgehead atoms. The SMILES string of the molecule is CCNCC.[B]. The van der Waals surface area contributed by atoms with E-state index < -0.39 is 0 Å². The monoisotopic (exact) mass is 84.1 g/mol. The van der Waals surface area contributed by atoms with Crippen LogP contribution in [0.4, 0.5) is 0 Å². The second-order valence-electron chi connectivity index (χ2n) is 0.957. The van der Waals surface area contributed by atoms with Gasteiger partial charge in [-0.25, -0.2) is 0 Å². The lowest BCUT2D eigenvalue weighted by atomic mass is 10.7. The highest BCUT2D eigenvalue weighted by atomic mass is 14.8. The van der Waals surface area contributed by atoms with Crippen molar-refractivity contribution in [3.8, 4) is 0 Å². The summed E-state index contributed by atoms with van der Waals surface area (Å²) in [5.74, 6) is 0. The summed E-state index contributed by atoms with van der Waals surface area (Å²) in [4.78, 5) is 0. The number of hydrogen-bond donors (Lipinski definition) is 1. The van der Waals surface area contributed by atoms with E-state index in [9.17, 15) is 0 Å². The third-order valence-corrected chi connectivity index (χ3v) is 0.500. The molecule has 6 heavy (non-hydrogen) atoms. The summed E-state index contributed by atoms with van der Waals surface area (Å²) >= 11 is 0. The van der Waals surface area contributed by atoms with Gasteiger partial charge in [-0.05, 0) is 13.1 Å². The van der Waals surface area contributed by atoms with E-state index in [1.165, 1.54) is 0 Å². The molecule has 3 radical (unpaired) electrons. The molecule has 0 aliphatic rings. The van der Waals surface area contributed by atoms with Crippen LogP contribution in [-0.2, 0) is 0 Å². The van der Waals surface area contributed by atoms with Gasteiger partial charge in [0.25, 0.3) is 0 Å². The highest BCUT2D eigenvalue weighted by Crippen LogP contribution is 1.47. The molecule has 0 saturated carbocycles. The van der Waals surface area contributed by atoms with Crippen molar-refractivity contribution in [2.45, 2.75) is 13.8 Å². The normalized spacial score (nSPS) is 7.00. The van der Waals surface area contributed by atoms with Crippen LogP contribution in [0.1, 0.15) is 13.8 Å². The van der Waals surface area contributed by atoms with Gasteiger partial charge in [0.05, 0.1) is 0 Å². The number of nitrogens with one attached hydrogen (secondary N) is 1. The molecule has 35 valence electrons. The fourth-order valence-corrected chi connectivity index (χ4v) is 0.250. The molecule has 0 atom stereocenters. The summed E-state index contributed by atoms with van der Waals surface area (Å²) in [6, 6.07) is 0. The van der Waals surface area contributed by atoms with Crippen LogP contribution < -0.4 is 5.32 Å². The molecule has 1 nitrogen and oxygen atoms in total. The van der Waals surface area contributed by atoms with E-state index in [1.807, 2.05) is 0 Å². The van der Waals surface area contributed by atoms with Gasteiger partial charge in [0, 0.05) is 8.41 Å². The van der Waals surface area contributed by atoms with E-state index in [-0.39, 0.29) is 8.41 Å². The molecule has 0 aliphatic heterocycles. The van der Waals surface area contributed by atoms with Crippen LogP contribution in [0.25, 0.3) is 0 Å². The first kappa shape index (κ1) is 9.39. The average Bonchev–Trinajstić information content (AvgIpc) is 1.41. The highest BCUT2D eigenvalue weighted by Gasteiger charge is 1.62. The Labute approximate surface area is 41.7 Å². The predicted molar refractivity (Wildman–Crippen MR) is 30.0 cm³/mol. The Morgan fingerprint density at radius 1 is 1.17 bits per heavy atom. The summed E-state index contributed by atoms with van der Waals surface area (Å²) in [7, 11) is 0. The molecule has 0 spiro atoms. The zero-order chi connectivity index (χ0) is 4.12. The molecule has 0 fully saturated rings. The Bertz CT molecular complexity index is 15.0. The van der Waals surface area contributed by atoms with Crippen molar-refractivity contribution in [1.29, 1.82) is 0 Å². The van der Waals surface area contributed by atoms with E-state index in [4.69, 9.17) is 0 Å². The minimum absolute atomic E-state index is 0. The number of hydrogen-bond acceptors (Lipinski definition) is 1. The summed E-state index contributed by atoms with van der Waals surface area (Å²) < 4.78 is 0. The van der Waals surface area contributed by atoms with E-state index >= 15 is 0 Å². The largest absolute Gasteiger partial charge is 0.317 e. The van der Waals surface area contributed by atoms with Crippen molar-refractivity contribution in [3.63, 3.8) is 0 Å². The molecule has 0 saturated heterocycles. The second-order valence-corrected chi connectivity index (χ2v) is 0.957. The minimum Gasteiger partial charge on any atom is -0.317 e.